The predicted octanol–water partition coefficient (Wildman–Crippen LogP) is 3.08. The smallest absolute Gasteiger partial charge is 0.146 e. The monoisotopic (exact) mass is 407 g/mol. The van der Waals surface area contributed by atoms with Crippen molar-refractivity contribution in [1.29, 1.82) is 10.5 Å². The number of rotatable bonds is 4. The predicted molar refractivity (Wildman–Crippen MR) is 113 cm³/mol. The third-order valence-corrected chi connectivity index (χ3v) is 5.73. The maximum absolute atomic E-state index is 9.32. The summed E-state index contributed by atoms with van der Waals surface area (Å²) in [5.74, 6) is 0.263. The zero-order chi connectivity index (χ0) is 21.4. The Labute approximate surface area is 177 Å². The first-order chi connectivity index (χ1) is 15.1. The number of nitrogens with two attached hydrogens (primary N) is 1. The summed E-state index contributed by atoms with van der Waals surface area (Å²) >= 11 is 0. The molecule has 31 heavy (non-hydrogen) atoms. The Bertz CT molecular complexity index is 1370. The van der Waals surface area contributed by atoms with Gasteiger partial charge < -0.3 is 5.73 Å². The standard InChI is InChI=1S/C22H17N9/c23-5-4-22(10-14(11-22)12-24)31-7-3-17(30-31)21-16-2-1-6-26-19(16)9-18(28-21)15-8-20(25)29-27-13-15/h1-3,6-9,13-14H,4,10-11H2,(H2,25,29)/t14-,22-. The van der Waals surface area contributed by atoms with Crippen molar-refractivity contribution >= 4 is 16.7 Å². The Kier molecular flexibility index (Phi) is 4.30. The van der Waals surface area contributed by atoms with Crippen molar-refractivity contribution in [3.63, 3.8) is 0 Å². The molecule has 2 N–H and O–H groups in total. The van der Waals surface area contributed by atoms with E-state index in [2.05, 4.69) is 27.3 Å². The highest BCUT2D eigenvalue weighted by Crippen LogP contribution is 2.46. The number of hydrogen-bond acceptors (Lipinski definition) is 8. The summed E-state index contributed by atoms with van der Waals surface area (Å²) in [6.07, 6.45) is 6.75. The number of hydrogen-bond donors (Lipinski definition) is 1. The summed E-state index contributed by atoms with van der Waals surface area (Å²) in [6.45, 7) is 0. The number of pyridine rings is 2. The second-order valence-electron chi connectivity index (χ2n) is 7.73. The SMILES string of the molecule is N#CC[C@]1(n2ccc(-c3nc(-c4cnnc(N)c4)cc4ncccc34)n2)C[C@H](C#N)C1. The van der Waals surface area contributed by atoms with Gasteiger partial charge in [0.15, 0.2) is 0 Å². The molecule has 0 saturated heterocycles. The number of nitrogens with zero attached hydrogens (tertiary/aromatic N) is 8. The van der Waals surface area contributed by atoms with Crippen LogP contribution in [0.1, 0.15) is 19.3 Å². The largest absolute Gasteiger partial charge is 0.382 e. The van der Waals surface area contributed by atoms with E-state index < -0.39 is 5.54 Å². The molecule has 0 atom stereocenters. The summed E-state index contributed by atoms with van der Waals surface area (Å²) in [5, 5.41) is 31.9. The Morgan fingerprint density at radius 3 is 2.84 bits per heavy atom. The molecule has 1 saturated carbocycles. The summed E-state index contributed by atoms with van der Waals surface area (Å²) in [5.41, 5.74) is 8.88. The van der Waals surface area contributed by atoms with Crippen molar-refractivity contribution < 1.29 is 0 Å². The molecule has 150 valence electrons. The Morgan fingerprint density at radius 1 is 1.19 bits per heavy atom. The molecule has 0 aromatic carbocycles. The normalized spacial score (nSPS) is 20.0. The van der Waals surface area contributed by atoms with Crippen molar-refractivity contribution in [2.24, 2.45) is 5.92 Å². The molecule has 0 bridgehead atoms. The minimum absolute atomic E-state index is 0.0443. The third-order valence-electron chi connectivity index (χ3n) is 5.73. The van der Waals surface area contributed by atoms with Crippen LogP contribution in [0.15, 0.2) is 48.9 Å². The van der Waals surface area contributed by atoms with E-state index in [4.69, 9.17) is 15.8 Å². The van der Waals surface area contributed by atoms with Crippen LogP contribution in [0.4, 0.5) is 5.82 Å². The van der Waals surface area contributed by atoms with E-state index in [-0.39, 0.29) is 5.92 Å². The fourth-order valence-corrected chi connectivity index (χ4v) is 4.16. The van der Waals surface area contributed by atoms with Crippen LogP contribution in [-0.2, 0) is 5.54 Å². The van der Waals surface area contributed by atoms with Gasteiger partial charge in [0.05, 0.1) is 47.4 Å². The van der Waals surface area contributed by atoms with Crippen molar-refractivity contribution in [3.8, 4) is 34.8 Å². The van der Waals surface area contributed by atoms with Crippen LogP contribution in [0.25, 0.3) is 33.5 Å². The average molecular weight is 407 g/mol. The van der Waals surface area contributed by atoms with Crippen LogP contribution in [0.2, 0.25) is 0 Å². The lowest BCUT2D eigenvalue weighted by Gasteiger charge is -2.43. The molecule has 0 unspecified atom stereocenters. The van der Waals surface area contributed by atoms with Crippen LogP contribution < -0.4 is 5.73 Å². The quantitative estimate of drug-likeness (QED) is 0.543. The lowest BCUT2D eigenvalue weighted by Crippen LogP contribution is -2.46. The van der Waals surface area contributed by atoms with Crippen LogP contribution in [0, 0.1) is 28.6 Å². The maximum Gasteiger partial charge on any atom is 0.146 e. The highest BCUT2D eigenvalue weighted by Gasteiger charge is 2.46. The van der Waals surface area contributed by atoms with E-state index in [1.165, 1.54) is 0 Å². The highest BCUT2D eigenvalue weighted by molar-refractivity contribution is 5.93. The van der Waals surface area contributed by atoms with Gasteiger partial charge in [0.2, 0.25) is 0 Å². The first kappa shape index (κ1) is 18.6. The lowest BCUT2D eigenvalue weighted by molar-refractivity contribution is 0.0884. The second kappa shape index (κ2) is 7.15. The van der Waals surface area contributed by atoms with E-state index in [1.54, 1.807) is 18.5 Å². The van der Waals surface area contributed by atoms with Crippen LogP contribution in [0.5, 0.6) is 0 Å². The van der Waals surface area contributed by atoms with Crippen LogP contribution in [0.3, 0.4) is 0 Å². The van der Waals surface area contributed by atoms with Gasteiger partial charge in [-0.2, -0.15) is 20.7 Å². The maximum atomic E-state index is 9.32. The lowest BCUT2D eigenvalue weighted by atomic mass is 9.67. The molecule has 4 heterocycles. The molecule has 9 nitrogen and oxygen atoms in total. The van der Waals surface area contributed by atoms with E-state index >= 15 is 0 Å². The van der Waals surface area contributed by atoms with E-state index in [0.29, 0.717) is 42.2 Å². The number of aromatic nitrogens is 6. The summed E-state index contributed by atoms with van der Waals surface area (Å²) in [4.78, 5) is 9.33. The number of fused-ring (bicyclic) bond motifs is 1. The van der Waals surface area contributed by atoms with Crippen LogP contribution in [-0.4, -0.2) is 29.9 Å². The molecule has 9 heteroatoms. The van der Waals surface area contributed by atoms with E-state index in [1.807, 2.05) is 35.1 Å². The van der Waals surface area contributed by atoms with E-state index in [9.17, 15) is 10.5 Å². The van der Waals surface area contributed by atoms with E-state index in [0.717, 1.165) is 16.5 Å². The van der Waals surface area contributed by atoms with Crippen molar-refractivity contribution in [2.45, 2.75) is 24.8 Å². The van der Waals surface area contributed by atoms with Gasteiger partial charge >= 0.3 is 0 Å². The summed E-state index contributed by atoms with van der Waals surface area (Å²) in [7, 11) is 0. The van der Waals surface area contributed by atoms with Gasteiger partial charge in [-0.15, -0.1) is 5.10 Å². The fourth-order valence-electron chi connectivity index (χ4n) is 4.16. The van der Waals surface area contributed by atoms with Gasteiger partial charge in [-0.25, -0.2) is 4.98 Å². The fraction of sp³-hybridized carbons (Fsp3) is 0.227. The van der Waals surface area contributed by atoms with Gasteiger partial charge in [-0.3, -0.25) is 9.67 Å². The van der Waals surface area contributed by atoms with Crippen molar-refractivity contribution in [3.05, 3.63) is 48.9 Å². The number of anilines is 1. The molecule has 1 fully saturated rings. The summed E-state index contributed by atoms with van der Waals surface area (Å²) in [6, 6.07) is 13.8. The topological polar surface area (TPSA) is 143 Å². The molecule has 0 spiro atoms. The molecule has 0 radical (unpaired) electrons. The van der Waals surface area contributed by atoms with Gasteiger partial charge in [-0.05, 0) is 43.2 Å². The zero-order valence-electron chi connectivity index (χ0n) is 16.5. The molecular weight excluding hydrogens is 390 g/mol. The Balaban J connectivity index is 1.63. The number of nitriles is 2. The Morgan fingerprint density at radius 2 is 2.06 bits per heavy atom. The molecule has 0 amide bonds. The first-order valence-corrected chi connectivity index (χ1v) is 9.79. The molecule has 1 aliphatic carbocycles. The molecular formula is C22H17N9. The molecule has 4 aromatic heterocycles. The third kappa shape index (κ3) is 3.13. The Hall–Kier alpha value is -4.37. The minimum Gasteiger partial charge on any atom is -0.382 e. The zero-order valence-corrected chi connectivity index (χ0v) is 16.5. The second-order valence-corrected chi connectivity index (χ2v) is 7.73. The molecule has 1 aliphatic rings. The first-order valence-electron chi connectivity index (χ1n) is 9.79. The average Bonchev–Trinajstić information content (AvgIpc) is 3.25. The van der Waals surface area contributed by atoms with Crippen molar-refractivity contribution in [2.75, 3.05) is 5.73 Å². The van der Waals surface area contributed by atoms with Gasteiger partial charge in [0, 0.05) is 23.3 Å². The van der Waals surface area contributed by atoms with Crippen LogP contribution >= 0.6 is 0 Å². The van der Waals surface area contributed by atoms with Gasteiger partial charge in [0.1, 0.15) is 17.2 Å². The van der Waals surface area contributed by atoms with Gasteiger partial charge in [0.25, 0.3) is 0 Å². The minimum atomic E-state index is -0.442. The molecule has 4 aromatic rings. The molecule has 0 aliphatic heterocycles. The molecule has 5 rings (SSSR count). The highest BCUT2D eigenvalue weighted by atomic mass is 15.3. The summed E-state index contributed by atoms with van der Waals surface area (Å²) < 4.78 is 1.82. The van der Waals surface area contributed by atoms with Gasteiger partial charge in [-0.1, -0.05) is 0 Å². The van der Waals surface area contributed by atoms with Crippen molar-refractivity contribution in [1.82, 2.24) is 29.9 Å². The number of nitrogen functional groups attached to an aromatic ring is 1.